The highest BCUT2D eigenvalue weighted by Crippen LogP contribution is 2.26. The Morgan fingerprint density at radius 3 is 2.61 bits per heavy atom. The summed E-state index contributed by atoms with van der Waals surface area (Å²) in [5.41, 5.74) is 2.47. The van der Waals surface area contributed by atoms with Gasteiger partial charge < -0.3 is 15.4 Å². The summed E-state index contributed by atoms with van der Waals surface area (Å²) in [6.45, 7) is 9.48. The number of nitrogens with zero attached hydrogens (tertiary/aromatic N) is 2. The largest absolute Gasteiger partial charge is 0.377 e. The van der Waals surface area contributed by atoms with E-state index in [0.29, 0.717) is 19.2 Å². The van der Waals surface area contributed by atoms with Crippen LogP contribution in [0.1, 0.15) is 57.1 Å². The molecule has 28 heavy (non-hydrogen) atoms. The Hall–Kier alpha value is -0.860. The predicted octanol–water partition coefficient (Wildman–Crippen LogP) is 3.91. The Balaban J connectivity index is 0.00000280. The standard InChI is InChI=1S/C22H36N4O.HI/c1-3-23-22(24-15-18-9-5-6-10-19(18)17-27-4-2)25-20-13-14-26(16-20)21-11-7-8-12-21;/h5-6,9-10,20-21H,3-4,7-8,11-17H2,1-2H3,(H2,23,24,25);1H. The molecule has 1 saturated carbocycles. The average molecular weight is 500 g/mol. The molecule has 158 valence electrons. The van der Waals surface area contributed by atoms with Crippen LogP contribution in [0.3, 0.4) is 0 Å². The highest BCUT2D eigenvalue weighted by molar-refractivity contribution is 14.0. The first-order valence-electron chi connectivity index (χ1n) is 10.7. The zero-order valence-corrected chi connectivity index (χ0v) is 19.8. The van der Waals surface area contributed by atoms with Crippen molar-refractivity contribution in [1.82, 2.24) is 15.5 Å². The van der Waals surface area contributed by atoms with E-state index in [2.05, 4.69) is 46.7 Å². The molecule has 0 bridgehead atoms. The Morgan fingerprint density at radius 2 is 1.89 bits per heavy atom. The van der Waals surface area contributed by atoms with Crippen LogP contribution in [0.15, 0.2) is 29.3 Å². The molecule has 1 aromatic carbocycles. The third-order valence-electron chi connectivity index (χ3n) is 5.73. The van der Waals surface area contributed by atoms with E-state index in [4.69, 9.17) is 9.73 Å². The SMILES string of the molecule is CCNC(=NCc1ccccc1COCC)NC1CCN(C2CCCC2)C1.I. The number of rotatable bonds is 8. The average Bonchev–Trinajstić information content (AvgIpc) is 3.37. The van der Waals surface area contributed by atoms with E-state index in [0.717, 1.165) is 31.7 Å². The monoisotopic (exact) mass is 500 g/mol. The van der Waals surface area contributed by atoms with Gasteiger partial charge in [0.25, 0.3) is 0 Å². The van der Waals surface area contributed by atoms with Gasteiger partial charge in [0.2, 0.25) is 0 Å². The second-order valence-corrected chi connectivity index (χ2v) is 7.66. The first kappa shape index (κ1) is 23.4. The van der Waals surface area contributed by atoms with Crippen LogP contribution < -0.4 is 10.6 Å². The van der Waals surface area contributed by atoms with E-state index < -0.39 is 0 Å². The topological polar surface area (TPSA) is 48.9 Å². The van der Waals surface area contributed by atoms with Crippen LogP contribution in [0.4, 0.5) is 0 Å². The fraction of sp³-hybridized carbons (Fsp3) is 0.682. The minimum Gasteiger partial charge on any atom is -0.377 e. The summed E-state index contributed by atoms with van der Waals surface area (Å²) in [7, 11) is 0. The number of hydrogen-bond donors (Lipinski definition) is 2. The maximum Gasteiger partial charge on any atom is 0.191 e. The van der Waals surface area contributed by atoms with Crippen LogP contribution in [0.25, 0.3) is 0 Å². The van der Waals surface area contributed by atoms with Crippen molar-refractivity contribution >= 4 is 29.9 Å². The molecule has 1 aliphatic heterocycles. The molecule has 3 rings (SSSR count). The Morgan fingerprint density at radius 1 is 1.14 bits per heavy atom. The molecule has 5 nitrogen and oxygen atoms in total. The summed E-state index contributed by atoms with van der Waals surface area (Å²) in [5, 5.41) is 7.09. The smallest absolute Gasteiger partial charge is 0.191 e. The maximum absolute atomic E-state index is 5.60. The quantitative estimate of drug-likeness (QED) is 0.323. The number of ether oxygens (including phenoxy) is 1. The van der Waals surface area contributed by atoms with Gasteiger partial charge in [0.15, 0.2) is 5.96 Å². The van der Waals surface area contributed by atoms with Gasteiger partial charge in [-0.15, -0.1) is 24.0 Å². The summed E-state index contributed by atoms with van der Waals surface area (Å²) >= 11 is 0. The molecule has 1 aliphatic carbocycles. The van der Waals surface area contributed by atoms with Gasteiger partial charge in [-0.05, 0) is 44.2 Å². The molecule has 0 amide bonds. The van der Waals surface area contributed by atoms with Gasteiger partial charge in [-0.2, -0.15) is 0 Å². The minimum absolute atomic E-state index is 0. The van der Waals surface area contributed by atoms with Crippen LogP contribution >= 0.6 is 24.0 Å². The highest BCUT2D eigenvalue weighted by atomic mass is 127. The number of guanidine groups is 1. The molecule has 6 heteroatoms. The second kappa shape index (κ2) is 12.6. The van der Waals surface area contributed by atoms with Crippen molar-refractivity contribution in [1.29, 1.82) is 0 Å². The molecule has 1 heterocycles. The Labute approximate surface area is 187 Å². The van der Waals surface area contributed by atoms with Crippen molar-refractivity contribution in [3.63, 3.8) is 0 Å². The van der Waals surface area contributed by atoms with E-state index in [9.17, 15) is 0 Å². The predicted molar refractivity (Wildman–Crippen MR) is 127 cm³/mol. The first-order chi connectivity index (χ1) is 13.3. The lowest BCUT2D eigenvalue weighted by molar-refractivity contribution is 0.133. The van der Waals surface area contributed by atoms with Crippen LogP contribution in [-0.4, -0.2) is 49.2 Å². The van der Waals surface area contributed by atoms with Gasteiger partial charge in [-0.3, -0.25) is 4.90 Å². The first-order valence-corrected chi connectivity index (χ1v) is 10.7. The molecule has 0 radical (unpaired) electrons. The molecular formula is C22H37IN4O. The van der Waals surface area contributed by atoms with Crippen molar-refractivity contribution in [2.24, 2.45) is 4.99 Å². The van der Waals surface area contributed by atoms with Gasteiger partial charge in [0.05, 0.1) is 13.2 Å². The van der Waals surface area contributed by atoms with Crippen LogP contribution in [0, 0.1) is 0 Å². The Bertz CT molecular complexity index is 604. The van der Waals surface area contributed by atoms with E-state index >= 15 is 0 Å². The molecule has 0 spiro atoms. The summed E-state index contributed by atoms with van der Waals surface area (Å²) in [5.74, 6) is 0.932. The van der Waals surface area contributed by atoms with Crippen LogP contribution in [-0.2, 0) is 17.9 Å². The number of hydrogen-bond acceptors (Lipinski definition) is 3. The lowest BCUT2D eigenvalue weighted by atomic mass is 10.1. The molecule has 1 unspecified atom stereocenters. The fourth-order valence-corrected chi connectivity index (χ4v) is 4.25. The second-order valence-electron chi connectivity index (χ2n) is 7.66. The van der Waals surface area contributed by atoms with Gasteiger partial charge >= 0.3 is 0 Å². The minimum atomic E-state index is 0. The van der Waals surface area contributed by atoms with Gasteiger partial charge in [0.1, 0.15) is 0 Å². The van der Waals surface area contributed by atoms with Gasteiger partial charge in [-0.1, -0.05) is 37.1 Å². The van der Waals surface area contributed by atoms with Crippen molar-refractivity contribution in [3.05, 3.63) is 35.4 Å². The third-order valence-corrected chi connectivity index (χ3v) is 5.73. The summed E-state index contributed by atoms with van der Waals surface area (Å²) in [4.78, 5) is 7.54. The molecule has 1 aromatic rings. The van der Waals surface area contributed by atoms with Gasteiger partial charge in [-0.25, -0.2) is 4.99 Å². The summed E-state index contributed by atoms with van der Waals surface area (Å²) in [6.07, 6.45) is 6.80. The summed E-state index contributed by atoms with van der Waals surface area (Å²) < 4.78 is 5.60. The number of likely N-dealkylation sites (tertiary alicyclic amines) is 1. The van der Waals surface area contributed by atoms with Crippen molar-refractivity contribution < 1.29 is 4.74 Å². The molecule has 2 N–H and O–H groups in total. The lowest BCUT2D eigenvalue weighted by Crippen LogP contribution is -2.45. The zero-order chi connectivity index (χ0) is 18.9. The number of benzene rings is 1. The highest BCUT2D eigenvalue weighted by Gasteiger charge is 2.30. The molecular weight excluding hydrogens is 463 g/mol. The van der Waals surface area contributed by atoms with Crippen molar-refractivity contribution in [3.8, 4) is 0 Å². The third kappa shape index (κ3) is 6.88. The summed E-state index contributed by atoms with van der Waals surface area (Å²) in [6, 6.07) is 9.76. The molecule has 2 fully saturated rings. The van der Waals surface area contributed by atoms with Gasteiger partial charge in [0, 0.05) is 38.3 Å². The Kier molecular flexibility index (Phi) is 10.6. The van der Waals surface area contributed by atoms with Crippen molar-refractivity contribution in [2.75, 3.05) is 26.2 Å². The zero-order valence-electron chi connectivity index (χ0n) is 17.5. The van der Waals surface area contributed by atoms with E-state index in [1.165, 1.54) is 49.8 Å². The molecule has 1 atom stereocenters. The number of aliphatic imine (C=N–C) groups is 1. The number of halogens is 1. The molecule has 1 saturated heterocycles. The van der Waals surface area contributed by atoms with Crippen molar-refractivity contribution in [2.45, 2.75) is 71.2 Å². The van der Waals surface area contributed by atoms with E-state index in [1.807, 2.05) is 6.92 Å². The van der Waals surface area contributed by atoms with Crippen LogP contribution in [0.5, 0.6) is 0 Å². The van der Waals surface area contributed by atoms with E-state index in [-0.39, 0.29) is 24.0 Å². The molecule has 2 aliphatic rings. The molecule has 0 aromatic heterocycles. The number of nitrogens with one attached hydrogen (secondary N) is 2. The maximum atomic E-state index is 5.60. The fourth-order valence-electron chi connectivity index (χ4n) is 4.25. The van der Waals surface area contributed by atoms with E-state index in [1.54, 1.807) is 0 Å². The normalized spacial score (nSPS) is 20.9. The van der Waals surface area contributed by atoms with Crippen LogP contribution in [0.2, 0.25) is 0 Å². The lowest BCUT2D eigenvalue weighted by Gasteiger charge is -2.24.